The molecule has 0 atom stereocenters. The second-order valence-electron chi connectivity index (χ2n) is 8.16. The molecular formula is C28H31N7O2S. The molecule has 2 aromatic heterocycles. The fraction of sp³-hybridized carbons (Fsp3) is 0.250. The van der Waals surface area contributed by atoms with Crippen LogP contribution in [-0.4, -0.2) is 57.3 Å². The van der Waals surface area contributed by atoms with Gasteiger partial charge < -0.3 is 9.64 Å². The Kier molecular flexibility index (Phi) is 9.47. The lowest BCUT2D eigenvalue weighted by Gasteiger charge is -2.20. The number of aromatic nitrogens is 4. The number of hydrogen-bond acceptors (Lipinski definition) is 8. The van der Waals surface area contributed by atoms with Crippen LogP contribution in [0.1, 0.15) is 26.3 Å². The molecule has 0 fully saturated rings. The van der Waals surface area contributed by atoms with Gasteiger partial charge in [0.15, 0.2) is 11.0 Å². The van der Waals surface area contributed by atoms with Crippen LogP contribution in [0.15, 0.2) is 83.3 Å². The zero-order chi connectivity index (χ0) is 26.7. The standard InChI is InChI=1S/C28H31N7O2S/c1-4-34(5-2)23-11-9-21(10-12-23)18-30-31-26(36)20-38-28-33-32-27(22-8-7-17-29-19-22)35(28)24-13-15-25(16-14-24)37-6-3/h7-19H,4-6,20H2,1-3H3,(H,31,36). The number of amides is 1. The van der Waals surface area contributed by atoms with Gasteiger partial charge in [0, 0.05) is 42.4 Å². The normalized spacial score (nSPS) is 11.0. The molecule has 0 aliphatic heterocycles. The number of pyridine rings is 1. The van der Waals surface area contributed by atoms with Crippen molar-refractivity contribution in [2.45, 2.75) is 25.9 Å². The Morgan fingerprint density at radius 1 is 1.05 bits per heavy atom. The molecule has 196 valence electrons. The van der Waals surface area contributed by atoms with Crippen LogP contribution in [-0.2, 0) is 4.79 Å². The van der Waals surface area contributed by atoms with Crippen molar-refractivity contribution in [1.29, 1.82) is 0 Å². The summed E-state index contributed by atoms with van der Waals surface area (Å²) in [7, 11) is 0. The Labute approximate surface area is 227 Å². The Bertz CT molecular complexity index is 1340. The molecule has 0 spiro atoms. The summed E-state index contributed by atoms with van der Waals surface area (Å²) in [5, 5.41) is 13.4. The van der Waals surface area contributed by atoms with E-state index in [4.69, 9.17) is 4.74 Å². The largest absolute Gasteiger partial charge is 0.494 e. The highest BCUT2D eigenvalue weighted by Gasteiger charge is 2.17. The molecular weight excluding hydrogens is 498 g/mol. The summed E-state index contributed by atoms with van der Waals surface area (Å²) in [6.45, 7) is 8.70. The summed E-state index contributed by atoms with van der Waals surface area (Å²) in [5.41, 5.74) is 6.34. The number of nitrogens with one attached hydrogen (secondary N) is 1. The zero-order valence-corrected chi connectivity index (χ0v) is 22.6. The minimum Gasteiger partial charge on any atom is -0.494 e. The third-order valence-corrected chi connectivity index (χ3v) is 6.64. The molecule has 4 aromatic rings. The summed E-state index contributed by atoms with van der Waals surface area (Å²) < 4.78 is 7.48. The molecule has 0 unspecified atom stereocenters. The predicted octanol–water partition coefficient (Wildman–Crippen LogP) is 4.82. The van der Waals surface area contributed by atoms with E-state index in [1.54, 1.807) is 18.6 Å². The van der Waals surface area contributed by atoms with E-state index < -0.39 is 0 Å². The van der Waals surface area contributed by atoms with Crippen LogP contribution in [0.2, 0.25) is 0 Å². The van der Waals surface area contributed by atoms with Gasteiger partial charge in [0.2, 0.25) is 0 Å². The quantitative estimate of drug-likeness (QED) is 0.160. The van der Waals surface area contributed by atoms with Crippen LogP contribution < -0.4 is 15.1 Å². The highest BCUT2D eigenvalue weighted by atomic mass is 32.2. The zero-order valence-electron chi connectivity index (χ0n) is 21.7. The van der Waals surface area contributed by atoms with Gasteiger partial charge in [-0.1, -0.05) is 23.9 Å². The summed E-state index contributed by atoms with van der Waals surface area (Å²) in [6, 6.07) is 19.5. The summed E-state index contributed by atoms with van der Waals surface area (Å²) in [6.07, 6.45) is 5.08. The van der Waals surface area contributed by atoms with E-state index >= 15 is 0 Å². The SMILES string of the molecule is CCOc1ccc(-n2c(SCC(=O)NN=Cc3ccc(N(CC)CC)cc3)nnc2-c2cccnc2)cc1. The van der Waals surface area contributed by atoms with Crippen molar-refractivity contribution in [2.75, 3.05) is 30.3 Å². The van der Waals surface area contributed by atoms with Gasteiger partial charge in [-0.25, -0.2) is 5.43 Å². The van der Waals surface area contributed by atoms with Crippen molar-refractivity contribution in [2.24, 2.45) is 5.10 Å². The number of anilines is 1. The first-order valence-corrected chi connectivity index (χ1v) is 13.5. The van der Waals surface area contributed by atoms with E-state index in [0.29, 0.717) is 17.6 Å². The molecule has 2 heterocycles. The molecule has 0 aliphatic rings. The summed E-state index contributed by atoms with van der Waals surface area (Å²) in [5.74, 6) is 1.30. The summed E-state index contributed by atoms with van der Waals surface area (Å²) in [4.78, 5) is 19.0. The van der Waals surface area contributed by atoms with E-state index in [0.717, 1.165) is 41.3 Å². The molecule has 4 rings (SSSR count). The van der Waals surface area contributed by atoms with E-state index in [2.05, 4.69) is 56.6 Å². The molecule has 0 saturated heterocycles. The average molecular weight is 530 g/mol. The first-order valence-electron chi connectivity index (χ1n) is 12.5. The third kappa shape index (κ3) is 6.77. The van der Waals surface area contributed by atoms with Crippen molar-refractivity contribution in [3.63, 3.8) is 0 Å². The number of benzene rings is 2. The first-order chi connectivity index (χ1) is 18.6. The fourth-order valence-electron chi connectivity index (χ4n) is 3.84. The Morgan fingerprint density at radius 3 is 2.47 bits per heavy atom. The number of ether oxygens (including phenoxy) is 1. The molecule has 2 aromatic carbocycles. The second-order valence-corrected chi connectivity index (χ2v) is 9.10. The van der Waals surface area contributed by atoms with Crippen LogP contribution in [0, 0.1) is 0 Å². The lowest BCUT2D eigenvalue weighted by molar-refractivity contribution is -0.118. The molecule has 1 N–H and O–H groups in total. The maximum atomic E-state index is 12.5. The van der Waals surface area contributed by atoms with Crippen molar-refractivity contribution in [3.05, 3.63) is 78.6 Å². The number of hydrogen-bond donors (Lipinski definition) is 1. The van der Waals surface area contributed by atoms with Gasteiger partial charge in [-0.15, -0.1) is 10.2 Å². The van der Waals surface area contributed by atoms with Gasteiger partial charge in [-0.2, -0.15) is 5.10 Å². The van der Waals surface area contributed by atoms with Crippen molar-refractivity contribution < 1.29 is 9.53 Å². The number of carbonyl (C=O) groups is 1. The Hall–Kier alpha value is -4.18. The van der Waals surface area contributed by atoms with E-state index in [-0.39, 0.29) is 11.7 Å². The van der Waals surface area contributed by atoms with Gasteiger partial charge in [-0.3, -0.25) is 14.3 Å². The molecule has 10 heteroatoms. The topological polar surface area (TPSA) is 97.5 Å². The number of nitrogens with zero attached hydrogens (tertiary/aromatic N) is 6. The number of carbonyl (C=O) groups excluding carboxylic acids is 1. The number of rotatable bonds is 12. The molecule has 0 radical (unpaired) electrons. The van der Waals surface area contributed by atoms with Gasteiger partial charge in [-0.05, 0) is 74.9 Å². The van der Waals surface area contributed by atoms with Gasteiger partial charge in [0.1, 0.15) is 5.75 Å². The van der Waals surface area contributed by atoms with Crippen LogP contribution in [0.3, 0.4) is 0 Å². The molecule has 1 amide bonds. The van der Waals surface area contributed by atoms with E-state index in [1.165, 1.54) is 11.8 Å². The third-order valence-electron chi connectivity index (χ3n) is 5.72. The lowest BCUT2D eigenvalue weighted by Crippen LogP contribution is -2.21. The fourth-order valence-corrected chi connectivity index (χ4v) is 4.58. The van der Waals surface area contributed by atoms with Crippen LogP contribution in [0.5, 0.6) is 5.75 Å². The van der Waals surface area contributed by atoms with Gasteiger partial charge in [0.25, 0.3) is 5.91 Å². The monoisotopic (exact) mass is 529 g/mol. The number of hydrazone groups is 1. The van der Waals surface area contributed by atoms with Crippen molar-refractivity contribution in [3.8, 4) is 22.8 Å². The Morgan fingerprint density at radius 2 is 1.82 bits per heavy atom. The maximum Gasteiger partial charge on any atom is 0.250 e. The van der Waals surface area contributed by atoms with Gasteiger partial charge >= 0.3 is 0 Å². The second kappa shape index (κ2) is 13.4. The maximum absolute atomic E-state index is 12.5. The molecule has 0 saturated carbocycles. The Balaban J connectivity index is 1.44. The highest BCUT2D eigenvalue weighted by molar-refractivity contribution is 7.99. The van der Waals surface area contributed by atoms with E-state index in [9.17, 15) is 4.79 Å². The van der Waals surface area contributed by atoms with Crippen LogP contribution in [0.25, 0.3) is 17.1 Å². The minimum absolute atomic E-state index is 0.125. The highest BCUT2D eigenvalue weighted by Crippen LogP contribution is 2.28. The smallest absolute Gasteiger partial charge is 0.250 e. The lowest BCUT2D eigenvalue weighted by atomic mass is 10.2. The van der Waals surface area contributed by atoms with Crippen molar-refractivity contribution in [1.82, 2.24) is 25.2 Å². The van der Waals surface area contributed by atoms with Crippen molar-refractivity contribution >= 4 is 29.6 Å². The molecule has 9 nitrogen and oxygen atoms in total. The number of thioether (sulfide) groups is 1. The van der Waals surface area contributed by atoms with Gasteiger partial charge in [0.05, 0.1) is 18.6 Å². The molecule has 38 heavy (non-hydrogen) atoms. The first kappa shape index (κ1) is 26.9. The van der Waals surface area contributed by atoms with Crippen LogP contribution >= 0.6 is 11.8 Å². The summed E-state index contributed by atoms with van der Waals surface area (Å²) >= 11 is 1.28. The predicted molar refractivity (Wildman–Crippen MR) is 152 cm³/mol. The van der Waals surface area contributed by atoms with Crippen LogP contribution in [0.4, 0.5) is 5.69 Å². The average Bonchev–Trinajstić information content (AvgIpc) is 3.38. The molecule has 0 aliphatic carbocycles. The van der Waals surface area contributed by atoms with E-state index in [1.807, 2.05) is 60.0 Å². The molecule has 0 bridgehead atoms. The minimum atomic E-state index is -0.241.